The van der Waals surface area contributed by atoms with Crippen molar-refractivity contribution < 1.29 is 36.6 Å². The average Bonchev–Trinajstić information content (AvgIpc) is 2.90. The predicted octanol–water partition coefficient (Wildman–Crippen LogP) is 4.19. The molecule has 9 nitrogen and oxygen atoms in total. The normalized spacial score (nSPS) is 10.9. The van der Waals surface area contributed by atoms with Crippen LogP contribution in [0.2, 0.25) is 0 Å². The van der Waals surface area contributed by atoms with Crippen molar-refractivity contribution in [2.24, 2.45) is 0 Å². The molecular weight excluding hydrogens is 523 g/mol. The zero-order valence-electron chi connectivity index (χ0n) is 20.5. The van der Waals surface area contributed by atoms with Gasteiger partial charge in [0.25, 0.3) is 10.0 Å². The highest BCUT2D eigenvalue weighted by Crippen LogP contribution is 2.34. The summed E-state index contributed by atoms with van der Waals surface area (Å²) in [6.07, 6.45) is 1.85. The molecule has 196 valence electrons. The summed E-state index contributed by atoms with van der Waals surface area (Å²) < 4.78 is 57.1. The number of thioether (sulfide) groups is 1. The minimum atomic E-state index is -4.28. The molecule has 1 amide bonds. The summed E-state index contributed by atoms with van der Waals surface area (Å²) in [7, 11) is -0.349. The van der Waals surface area contributed by atoms with Crippen LogP contribution in [0.15, 0.2) is 70.5 Å². The van der Waals surface area contributed by atoms with E-state index in [2.05, 4.69) is 5.32 Å². The number of esters is 1. The molecule has 3 aromatic carbocycles. The number of sulfonamides is 1. The van der Waals surface area contributed by atoms with E-state index in [1.54, 1.807) is 12.1 Å². The van der Waals surface area contributed by atoms with E-state index in [1.807, 2.05) is 6.26 Å². The zero-order chi connectivity index (χ0) is 27.2. The Morgan fingerprint density at radius 3 is 2.19 bits per heavy atom. The molecule has 0 saturated heterocycles. The molecule has 0 fully saturated rings. The molecule has 0 spiro atoms. The number of methoxy groups -OCH3 is 3. The average molecular weight is 549 g/mol. The third kappa shape index (κ3) is 6.33. The van der Waals surface area contributed by atoms with Crippen LogP contribution in [0, 0.1) is 5.82 Å². The van der Waals surface area contributed by atoms with Gasteiger partial charge in [-0.2, -0.15) is 0 Å². The molecule has 0 aliphatic heterocycles. The number of halogens is 1. The molecule has 0 aliphatic rings. The fraction of sp³-hybridized carbons (Fsp3) is 0.200. The van der Waals surface area contributed by atoms with Crippen LogP contribution in [0.3, 0.4) is 0 Å². The van der Waals surface area contributed by atoms with Gasteiger partial charge in [-0.05, 0) is 48.7 Å². The Labute approximate surface area is 218 Å². The summed E-state index contributed by atoms with van der Waals surface area (Å²) in [5.41, 5.74) is -0.0821. The van der Waals surface area contributed by atoms with E-state index in [0.29, 0.717) is 0 Å². The monoisotopic (exact) mass is 548 g/mol. The summed E-state index contributed by atoms with van der Waals surface area (Å²) in [4.78, 5) is 26.2. The van der Waals surface area contributed by atoms with E-state index in [4.69, 9.17) is 14.2 Å². The summed E-state index contributed by atoms with van der Waals surface area (Å²) in [5.74, 6) is -1.80. The summed E-state index contributed by atoms with van der Waals surface area (Å²) >= 11 is 1.44. The minimum absolute atomic E-state index is 0.00964. The Hall–Kier alpha value is -3.77. The summed E-state index contributed by atoms with van der Waals surface area (Å²) in [6, 6.07) is 13.7. The van der Waals surface area contributed by atoms with Crippen LogP contribution in [0.5, 0.6) is 11.5 Å². The number of hydrogen-bond donors (Lipinski definition) is 1. The van der Waals surface area contributed by atoms with Gasteiger partial charge in [-0.3, -0.25) is 9.10 Å². The highest BCUT2D eigenvalue weighted by molar-refractivity contribution is 7.98. The first-order chi connectivity index (χ1) is 17.6. The van der Waals surface area contributed by atoms with Crippen LogP contribution >= 0.6 is 11.8 Å². The molecule has 0 heterocycles. The standard InChI is InChI=1S/C25H25FN2O7S2/c1-33-22-13-20(25(30)35-3)21(14-23(22)34-2)27-24(29)15-28(17-7-5-6-16(26)12-17)37(31,32)19-10-8-18(36-4)9-11-19/h5-14H,15H2,1-4H3,(H,27,29). The van der Waals surface area contributed by atoms with Gasteiger partial charge >= 0.3 is 5.97 Å². The van der Waals surface area contributed by atoms with Crippen LogP contribution in [0.1, 0.15) is 10.4 Å². The quantitative estimate of drug-likeness (QED) is 0.297. The van der Waals surface area contributed by atoms with Gasteiger partial charge in [0.2, 0.25) is 5.91 Å². The molecule has 3 rings (SSSR count). The fourth-order valence-electron chi connectivity index (χ4n) is 3.40. The number of nitrogens with zero attached hydrogens (tertiary/aromatic N) is 1. The van der Waals surface area contributed by atoms with Crippen molar-refractivity contribution in [3.05, 3.63) is 72.0 Å². The van der Waals surface area contributed by atoms with Gasteiger partial charge < -0.3 is 19.5 Å². The number of carbonyl (C=O) groups excluding carboxylic acids is 2. The van der Waals surface area contributed by atoms with E-state index in [1.165, 1.54) is 69.5 Å². The zero-order valence-corrected chi connectivity index (χ0v) is 22.1. The molecular formula is C25H25FN2O7S2. The van der Waals surface area contributed by atoms with E-state index >= 15 is 0 Å². The smallest absolute Gasteiger partial charge is 0.340 e. The molecule has 0 radical (unpaired) electrons. The van der Waals surface area contributed by atoms with Crippen molar-refractivity contribution in [1.82, 2.24) is 0 Å². The lowest BCUT2D eigenvalue weighted by Gasteiger charge is -2.24. The van der Waals surface area contributed by atoms with E-state index in [-0.39, 0.29) is 33.3 Å². The molecule has 12 heteroatoms. The maximum Gasteiger partial charge on any atom is 0.340 e. The first kappa shape index (κ1) is 27.8. The molecule has 0 unspecified atom stereocenters. The summed E-state index contributed by atoms with van der Waals surface area (Å²) in [5, 5.41) is 2.53. The van der Waals surface area contributed by atoms with E-state index in [0.717, 1.165) is 21.3 Å². The molecule has 37 heavy (non-hydrogen) atoms. The second-order valence-corrected chi connectivity index (χ2v) is 10.2. The molecule has 3 aromatic rings. The number of carbonyl (C=O) groups is 2. The van der Waals surface area contributed by atoms with Gasteiger partial charge in [0, 0.05) is 17.0 Å². The van der Waals surface area contributed by atoms with Gasteiger partial charge in [0.15, 0.2) is 11.5 Å². The molecule has 0 aromatic heterocycles. The topological polar surface area (TPSA) is 111 Å². The number of rotatable bonds is 10. The first-order valence-electron chi connectivity index (χ1n) is 10.7. The number of nitrogens with one attached hydrogen (secondary N) is 1. The van der Waals surface area contributed by atoms with Crippen LogP contribution in [0.25, 0.3) is 0 Å². The van der Waals surface area contributed by atoms with Crippen molar-refractivity contribution in [2.45, 2.75) is 9.79 Å². The molecule has 0 saturated carbocycles. The maximum absolute atomic E-state index is 14.0. The Kier molecular flexibility index (Phi) is 9.00. The van der Waals surface area contributed by atoms with Gasteiger partial charge in [0.1, 0.15) is 12.4 Å². The van der Waals surface area contributed by atoms with Crippen molar-refractivity contribution in [3.8, 4) is 11.5 Å². The predicted molar refractivity (Wildman–Crippen MR) is 139 cm³/mol. The number of hydrogen-bond acceptors (Lipinski definition) is 8. The van der Waals surface area contributed by atoms with Crippen LogP contribution < -0.4 is 19.1 Å². The lowest BCUT2D eigenvalue weighted by molar-refractivity contribution is -0.114. The van der Waals surface area contributed by atoms with Crippen LogP contribution in [0.4, 0.5) is 15.8 Å². The second-order valence-electron chi connectivity index (χ2n) is 7.46. The Morgan fingerprint density at radius 1 is 0.973 bits per heavy atom. The van der Waals surface area contributed by atoms with Crippen LogP contribution in [-0.2, 0) is 19.6 Å². The lowest BCUT2D eigenvalue weighted by Crippen LogP contribution is -2.38. The molecule has 0 bridgehead atoms. The van der Waals surface area contributed by atoms with Gasteiger partial charge in [0.05, 0.1) is 43.2 Å². The third-order valence-corrected chi connectivity index (χ3v) is 7.77. The van der Waals surface area contributed by atoms with E-state index in [9.17, 15) is 22.4 Å². The molecule has 1 N–H and O–H groups in total. The number of benzene rings is 3. The highest BCUT2D eigenvalue weighted by atomic mass is 32.2. The van der Waals surface area contributed by atoms with Gasteiger partial charge in [-0.1, -0.05) is 6.07 Å². The Morgan fingerprint density at radius 2 is 1.62 bits per heavy atom. The second kappa shape index (κ2) is 12.0. The largest absolute Gasteiger partial charge is 0.493 e. The number of ether oxygens (including phenoxy) is 3. The summed E-state index contributed by atoms with van der Waals surface area (Å²) in [6.45, 7) is -0.717. The number of amides is 1. The van der Waals surface area contributed by atoms with Crippen molar-refractivity contribution in [1.29, 1.82) is 0 Å². The first-order valence-corrected chi connectivity index (χ1v) is 13.4. The Bertz CT molecular complexity index is 1400. The fourth-order valence-corrected chi connectivity index (χ4v) is 5.22. The van der Waals surface area contributed by atoms with Crippen molar-refractivity contribution >= 4 is 45.0 Å². The van der Waals surface area contributed by atoms with E-state index < -0.39 is 34.3 Å². The highest BCUT2D eigenvalue weighted by Gasteiger charge is 2.28. The Balaban J connectivity index is 2.01. The number of anilines is 2. The van der Waals surface area contributed by atoms with Gasteiger partial charge in [-0.15, -0.1) is 11.8 Å². The third-order valence-electron chi connectivity index (χ3n) is 5.23. The van der Waals surface area contributed by atoms with Crippen molar-refractivity contribution in [2.75, 3.05) is 43.8 Å². The van der Waals surface area contributed by atoms with Gasteiger partial charge in [-0.25, -0.2) is 17.6 Å². The SMILES string of the molecule is COC(=O)c1cc(OC)c(OC)cc1NC(=O)CN(c1cccc(F)c1)S(=O)(=O)c1ccc(SC)cc1. The molecule has 0 atom stereocenters. The minimum Gasteiger partial charge on any atom is -0.493 e. The van der Waals surface area contributed by atoms with Crippen molar-refractivity contribution in [3.63, 3.8) is 0 Å². The maximum atomic E-state index is 14.0. The van der Waals surface area contributed by atoms with Crippen LogP contribution in [-0.4, -0.2) is 54.4 Å². The molecule has 0 aliphatic carbocycles. The lowest BCUT2D eigenvalue weighted by atomic mass is 10.1.